The first kappa shape index (κ1) is 15.9. The topological polar surface area (TPSA) is 33.2 Å². The van der Waals surface area contributed by atoms with E-state index in [2.05, 4.69) is 20.9 Å². The average Bonchev–Trinajstić information content (AvgIpc) is 2.34. The fourth-order valence-electron chi connectivity index (χ4n) is 1.36. The molecule has 0 aliphatic rings. The third-order valence-corrected chi connectivity index (χ3v) is 2.98. The SMILES string of the molecule is CC(Br)CCN(C)C(=O)c1ccc(C(F)(F)F)cn1. The van der Waals surface area contributed by atoms with Crippen molar-refractivity contribution in [3.8, 4) is 0 Å². The number of nitrogens with zero attached hydrogens (tertiary/aromatic N) is 2. The zero-order chi connectivity index (χ0) is 14.6. The minimum atomic E-state index is -4.44. The van der Waals surface area contributed by atoms with Crippen LogP contribution in [0.25, 0.3) is 0 Å². The minimum Gasteiger partial charge on any atom is -0.340 e. The molecule has 1 unspecified atom stereocenters. The second-order valence-electron chi connectivity index (χ2n) is 4.23. The summed E-state index contributed by atoms with van der Waals surface area (Å²) < 4.78 is 37.0. The van der Waals surface area contributed by atoms with Crippen molar-refractivity contribution >= 4 is 21.8 Å². The molecule has 0 bridgehead atoms. The normalized spacial score (nSPS) is 13.2. The highest BCUT2D eigenvalue weighted by Gasteiger charge is 2.31. The predicted octanol–water partition coefficient (Wildman–Crippen LogP) is 3.35. The van der Waals surface area contributed by atoms with E-state index in [4.69, 9.17) is 0 Å². The number of amides is 1. The number of hydrogen-bond acceptors (Lipinski definition) is 2. The quantitative estimate of drug-likeness (QED) is 0.789. The van der Waals surface area contributed by atoms with Gasteiger partial charge in [0.05, 0.1) is 5.56 Å². The molecule has 1 amide bonds. The van der Waals surface area contributed by atoms with Gasteiger partial charge in [0.1, 0.15) is 5.69 Å². The lowest BCUT2D eigenvalue weighted by atomic mass is 10.2. The van der Waals surface area contributed by atoms with Gasteiger partial charge in [0, 0.05) is 24.6 Å². The van der Waals surface area contributed by atoms with Gasteiger partial charge in [-0.3, -0.25) is 9.78 Å². The largest absolute Gasteiger partial charge is 0.417 e. The van der Waals surface area contributed by atoms with E-state index in [0.717, 1.165) is 18.6 Å². The maximum atomic E-state index is 12.3. The van der Waals surface area contributed by atoms with Gasteiger partial charge in [-0.25, -0.2) is 0 Å². The smallest absolute Gasteiger partial charge is 0.340 e. The molecule has 0 aromatic carbocycles. The second-order valence-corrected chi connectivity index (χ2v) is 5.79. The third-order valence-electron chi connectivity index (χ3n) is 2.52. The van der Waals surface area contributed by atoms with E-state index in [1.807, 2.05) is 6.92 Å². The Kier molecular flexibility index (Phi) is 5.34. The lowest BCUT2D eigenvalue weighted by Gasteiger charge is -2.17. The number of rotatable bonds is 4. The zero-order valence-corrected chi connectivity index (χ0v) is 12.1. The van der Waals surface area contributed by atoms with Gasteiger partial charge < -0.3 is 4.90 Å². The highest BCUT2D eigenvalue weighted by Crippen LogP contribution is 2.28. The Labute approximate surface area is 117 Å². The Morgan fingerprint density at radius 3 is 2.53 bits per heavy atom. The highest BCUT2D eigenvalue weighted by molar-refractivity contribution is 9.09. The molecular weight excluding hydrogens is 325 g/mol. The Bertz CT molecular complexity index is 432. The standard InChI is InChI=1S/C12H14BrF3N2O/c1-8(13)5-6-18(2)11(19)10-4-3-9(7-17-10)12(14,15)16/h3-4,7-8H,5-6H2,1-2H3. The summed E-state index contributed by atoms with van der Waals surface area (Å²) in [7, 11) is 1.59. The molecule has 7 heteroatoms. The first-order valence-corrected chi connectivity index (χ1v) is 6.56. The lowest BCUT2D eigenvalue weighted by Crippen LogP contribution is -2.29. The van der Waals surface area contributed by atoms with Crippen LogP contribution in [0.2, 0.25) is 0 Å². The summed E-state index contributed by atoms with van der Waals surface area (Å²) in [5.41, 5.74) is -0.849. The molecule has 0 fully saturated rings. The van der Waals surface area contributed by atoms with Crippen molar-refractivity contribution in [3.63, 3.8) is 0 Å². The van der Waals surface area contributed by atoms with Crippen LogP contribution in [-0.2, 0) is 6.18 Å². The minimum absolute atomic E-state index is 0.0118. The third kappa shape index (κ3) is 4.81. The molecule has 0 N–H and O–H groups in total. The van der Waals surface area contributed by atoms with Crippen molar-refractivity contribution in [2.45, 2.75) is 24.3 Å². The molecule has 0 spiro atoms. The second kappa shape index (κ2) is 6.36. The first-order chi connectivity index (χ1) is 8.71. The molecule has 0 saturated carbocycles. The summed E-state index contributed by atoms with van der Waals surface area (Å²) >= 11 is 3.36. The van der Waals surface area contributed by atoms with Crippen LogP contribution < -0.4 is 0 Å². The van der Waals surface area contributed by atoms with Crippen LogP contribution in [0.5, 0.6) is 0 Å². The maximum absolute atomic E-state index is 12.3. The van der Waals surface area contributed by atoms with Crippen molar-refractivity contribution in [3.05, 3.63) is 29.6 Å². The molecule has 0 radical (unpaired) electrons. The molecule has 3 nitrogen and oxygen atoms in total. The molecule has 1 atom stereocenters. The van der Waals surface area contributed by atoms with Gasteiger partial charge in [-0.05, 0) is 18.6 Å². The van der Waals surface area contributed by atoms with Crippen molar-refractivity contribution in [1.29, 1.82) is 0 Å². The fraction of sp³-hybridized carbons (Fsp3) is 0.500. The van der Waals surface area contributed by atoms with Gasteiger partial charge in [0.25, 0.3) is 5.91 Å². The summed E-state index contributed by atoms with van der Waals surface area (Å²) in [4.78, 5) is 17.2. The van der Waals surface area contributed by atoms with Gasteiger partial charge >= 0.3 is 6.18 Å². The Hall–Kier alpha value is -1.11. The van der Waals surface area contributed by atoms with E-state index in [-0.39, 0.29) is 16.4 Å². The highest BCUT2D eigenvalue weighted by atomic mass is 79.9. The van der Waals surface area contributed by atoms with E-state index in [1.54, 1.807) is 7.05 Å². The Balaban J connectivity index is 2.72. The number of alkyl halides is 4. The predicted molar refractivity (Wildman–Crippen MR) is 69.2 cm³/mol. The van der Waals surface area contributed by atoms with Crippen LogP contribution in [0.1, 0.15) is 29.4 Å². The van der Waals surface area contributed by atoms with E-state index in [0.29, 0.717) is 12.7 Å². The summed E-state index contributed by atoms with van der Waals surface area (Å²) in [5.74, 6) is -0.387. The van der Waals surface area contributed by atoms with Gasteiger partial charge in [0.15, 0.2) is 0 Å². The molecule has 1 aromatic rings. The maximum Gasteiger partial charge on any atom is 0.417 e. The number of hydrogen-bond donors (Lipinski definition) is 0. The van der Waals surface area contributed by atoms with Crippen LogP contribution in [-0.4, -0.2) is 34.2 Å². The molecular formula is C12H14BrF3N2O. The molecule has 0 saturated heterocycles. The van der Waals surface area contributed by atoms with Crippen LogP contribution in [0, 0.1) is 0 Å². The van der Waals surface area contributed by atoms with Gasteiger partial charge in [-0.2, -0.15) is 13.2 Å². The Morgan fingerprint density at radius 2 is 2.11 bits per heavy atom. The molecule has 1 rings (SSSR count). The zero-order valence-electron chi connectivity index (χ0n) is 10.5. The monoisotopic (exact) mass is 338 g/mol. The van der Waals surface area contributed by atoms with Crippen molar-refractivity contribution < 1.29 is 18.0 Å². The van der Waals surface area contributed by atoms with Gasteiger partial charge in [-0.15, -0.1) is 0 Å². The summed E-state index contributed by atoms with van der Waals surface area (Å²) in [6, 6.07) is 1.96. The van der Waals surface area contributed by atoms with Crippen LogP contribution >= 0.6 is 15.9 Å². The van der Waals surface area contributed by atoms with Crippen molar-refractivity contribution in [2.24, 2.45) is 0 Å². The number of pyridine rings is 1. The van der Waals surface area contributed by atoms with Gasteiger partial charge in [-0.1, -0.05) is 22.9 Å². The van der Waals surface area contributed by atoms with E-state index in [9.17, 15) is 18.0 Å². The molecule has 0 aliphatic carbocycles. The number of aromatic nitrogens is 1. The van der Waals surface area contributed by atoms with E-state index in [1.165, 1.54) is 4.90 Å². The summed E-state index contributed by atoms with van der Waals surface area (Å²) in [6.45, 7) is 2.46. The molecule has 19 heavy (non-hydrogen) atoms. The molecule has 1 aromatic heterocycles. The molecule has 106 valence electrons. The first-order valence-electron chi connectivity index (χ1n) is 5.64. The Morgan fingerprint density at radius 1 is 1.47 bits per heavy atom. The number of carbonyl (C=O) groups excluding carboxylic acids is 1. The van der Waals surface area contributed by atoms with Crippen molar-refractivity contribution in [2.75, 3.05) is 13.6 Å². The molecule has 1 heterocycles. The average molecular weight is 339 g/mol. The van der Waals surface area contributed by atoms with Crippen molar-refractivity contribution in [1.82, 2.24) is 9.88 Å². The van der Waals surface area contributed by atoms with Crippen LogP contribution in [0.3, 0.4) is 0 Å². The summed E-state index contributed by atoms with van der Waals surface area (Å²) in [6.07, 6.45) is -3.01. The van der Waals surface area contributed by atoms with Crippen LogP contribution in [0.15, 0.2) is 18.3 Å². The van der Waals surface area contributed by atoms with Gasteiger partial charge in [0.2, 0.25) is 0 Å². The number of carbonyl (C=O) groups is 1. The number of halogens is 4. The van der Waals surface area contributed by atoms with Crippen LogP contribution in [0.4, 0.5) is 13.2 Å². The summed E-state index contributed by atoms with van der Waals surface area (Å²) in [5, 5.41) is 0. The lowest BCUT2D eigenvalue weighted by molar-refractivity contribution is -0.137. The fourth-order valence-corrected chi connectivity index (χ4v) is 1.56. The van der Waals surface area contributed by atoms with E-state index >= 15 is 0 Å². The van der Waals surface area contributed by atoms with E-state index < -0.39 is 11.7 Å². The molecule has 0 aliphatic heterocycles.